The Hall–Kier alpha value is -3.76. The molecule has 0 bridgehead atoms. The van der Waals surface area contributed by atoms with E-state index in [9.17, 15) is 26.7 Å². The van der Waals surface area contributed by atoms with E-state index in [0.717, 1.165) is 24.5 Å². The summed E-state index contributed by atoms with van der Waals surface area (Å²) in [6.07, 6.45) is -3.79. The number of fused-ring (bicyclic) bond motifs is 1. The second kappa shape index (κ2) is 9.62. The van der Waals surface area contributed by atoms with E-state index >= 15 is 0 Å². The molecule has 0 aliphatic heterocycles. The summed E-state index contributed by atoms with van der Waals surface area (Å²) >= 11 is 0. The molecule has 2 aromatic carbocycles. The van der Waals surface area contributed by atoms with Gasteiger partial charge in [0.2, 0.25) is 11.6 Å². The molecule has 1 heterocycles. The predicted molar refractivity (Wildman–Crippen MR) is 112 cm³/mol. The van der Waals surface area contributed by atoms with Crippen LogP contribution in [0.25, 0.3) is 16.6 Å². The van der Waals surface area contributed by atoms with Gasteiger partial charge in [-0.25, -0.2) is 23.5 Å². The molecule has 0 saturated heterocycles. The molecule has 0 spiro atoms. The van der Waals surface area contributed by atoms with Crippen LogP contribution in [0.15, 0.2) is 48.7 Å². The van der Waals surface area contributed by atoms with E-state index in [1.807, 2.05) is 0 Å². The van der Waals surface area contributed by atoms with Gasteiger partial charge in [-0.15, -0.1) is 0 Å². The maximum atomic E-state index is 13.7. The third kappa shape index (κ3) is 5.41. The predicted octanol–water partition coefficient (Wildman–Crippen LogP) is 5.50. The van der Waals surface area contributed by atoms with Gasteiger partial charge in [0.25, 0.3) is 5.92 Å². The van der Waals surface area contributed by atoms with E-state index in [0.29, 0.717) is 18.1 Å². The third-order valence-electron chi connectivity index (χ3n) is 4.72. The monoisotopic (exact) mass is 482 g/mol. The first-order valence-electron chi connectivity index (χ1n) is 9.75. The van der Waals surface area contributed by atoms with Gasteiger partial charge in [0, 0.05) is 12.5 Å². The zero-order valence-electron chi connectivity index (χ0n) is 18.2. The van der Waals surface area contributed by atoms with Crippen molar-refractivity contribution in [2.75, 3.05) is 14.2 Å². The van der Waals surface area contributed by atoms with Gasteiger partial charge in [-0.05, 0) is 23.3 Å². The van der Waals surface area contributed by atoms with Crippen LogP contribution in [0.1, 0.15) is 29.3 Å². The van der Waals surface area contributed by atoms with E-state index in [4.69, 9.17) is 14.2 Å². The molecule has 0 aliphatic rings. The molecule has 3 rings (SSSR count). The fourth-order valence-corrected chi connectivity index (χ4v) is 3.10. The van der Waals surface area contributed by atoms with Gasteiger partial charge in [-0.1, -0.05) is 30.3 Å². The van der Waals surface area contributed by atoms with Crippen LogP contribution < -0.4 is 4.74 Å². The molecule has 11 heteroatoms. The summed E-state index contributed by atoms with van der Waals surface area (Å²) in [7, 11) is 2.48. The first-order chi connectivity index (χ1) is 16.0. The van der Waals surface area contributed by atoms with E-state index in [1.54, 1.807) is 12.1 Å². The van der Waals surface area contributed by atoms with Crippen LogP contribution in [-0.2, 0) is 33.0 Å². The lowest BCUT2D eigenvalue weighted by molar-refractivity contribution is -0.142. The third-order valence-corrected chi connectivity index (χ3v) is 4.72. The summed E-state index contributed by atoms with van der Waals surface area (Å²) in [6, 6.07) is 9.25. The van der Waals surface area contributed by atoms with E-state index in [1.165, 1.54) is 26.4 Å². The number of carbonyl (C=O) groups excluding carboxylic acids is 1. The standard InChI is InChI=1S/C23H19F5N2O4/c1-22(24,25)14-8-9-17-18(10-14)30-20(19(29-17)23(26,27)28)34-11-13-6-4-5-7-15(13)16(12-32-2)21(31)33-3/h4-10,12H,11H2,1-3H3/b16-12+. The lowest BCUT2D eigenvalue weighted by Crippen LogP contribution is -2.14. The summed E-state index contributed by atoms with van der Waals surface area (Å²) in [5.74, 6) is -4.85. The van der Waals surface area contributed by atoms with Crippen LogP contribution in [0.5, 0.6) is 5.88 Å². The van der Waals surface area contributed by atoms with Gasteiger partial charge in [-0.3, -0.25) is 0 Å². The zero-order chi connectivity index (χ0) is 25.1. The lowest BCUT2D eigenvalue weighted by Gasteiger charge is -2.16. The Balaban J connectivity index is 2.05. The molecule has 0 amide bonds. The molecule has 180 valence electrons. The Bertz CT molecular complexity index is 1240. The molecular weight excluding hydrogens is 463 g/mol. The van der Waals surface area contributed by atoms with Gasteiger partial charge in [0.1, 0.15) is 12.2 Å². The van der Waals surface area contributed by atoms with E-state index in [-0.39, 0.29) is 16.6 Å². The fraction of sp³-hybridized carbons (Fsp3) is 0.261. The van der Waals surface area contributed by atoms with Crippen molar-refractivity contribution in [3.63, 3.8) is 0 Å². The summed E-state index contributed by atoms with van der Waals surface area (Å²) in [5, 5.41) is 0. The number of alkyl halides is 5. The molecule has 0 unspecified atom stereocenters. The van der Waals surface area contributed by atoms with Crippen molar-refractivity contribution >= 4 is 22.6 Å². The Morgan fingerprint density at radius 2 is 1.71 bits per heavy atom. The molecule has 34 heavy (non-hydrogen) atoms. The molecule has 0 aliphatic carbocycles. The molecule has 0 saturated carbocycles. The molecule has 0 radical (unpaired) electrons. The first-order valence-corrected chi connectivity index (χ1v) is 9.75. The summed E-state index contributed by atoms with van der Waals surface area (Å²) in [6.45, 7) is 0.216. The van der Waals surface area contributed by atoms with Crippen LogP contribution in [0.2, 0.25) is 0 Å². The first kappa shape index (κ1) is 24.9. The summed E-state index contributed by atoms with van der Waals surface area (Å²) < 4.78 is 83.3. The number of hydrogen-bond donors (Lipinski definition) is 0. The van der Waals surface area contributed by atoms with Crippen molar-refractivity contribution in [1.82, 2.24) is 9.97 Å². The molecule has 0 fully saturated rings. The number of nitrogens with zero attached hydrogens (tertiary/aromatic N) is 2. The van der Waals surface area contributed by atoms with E-state index < -0.39 is 41.8 Å². The highest BCUT2D eigenvalue weighted by atomic mass is 19.4. The second-order valence-corrected chi connectivity index (χ2v) is 7.17. The highest BCUT2D eigenvalue weighted by molar-refractivity contribution is 6.16. The van der Waals surface area contributed by atoms with Crippen molar-refractivity contribution < 1.29 is 41.0 Å². The van der Waals surface area contributed by atoms with Crippen molar-refractivity contribution in [3.05, 3.63) is 71.1 Å². The number of ether oxygens (including phenoxy) is 3. The quantitative estimate of drug-likeness (QED) is 0.192. The van der Waals surface area contributed by atoms with E-state index in [2.05, 4.69) is 9.97 Å². The lowest BCUT2D eigenvalue weighted by atomic mass is 10.0. The molecule has 0 N–H and O–H groups in total. The Morgan fingerprint density at radius 1 is 1.00 bits per heavy atom. The topological polar surface area (TPSA) is 70.5 Å². The van der Waals surface area contributed by atoms with Gasteiger partial charge in [0.05, 0.1) is 31.5 Å². The number of hydrogen-bond acceptors (Lipinski definition) is 6. The molecular formula is C23H19F5N2O4. The molecule has 3 aromatic rings. The minimum Gasteiger partial charge on any atom is -0.503 e. The number of halogens is 5. The maximum Gasteiger partial charge on any atom is 0.438 e. The Labute approximate surface area is 191 Å². The average molecular weight is 482 g/mol. The minimum absolute atomic E-state index is 0.0136. The number of aromatic nitrogens is 2. The van der Waals surface area contributed by atoms with Gasteiger partial charge in [-0.2, -0.15) is 13.2 Å². The maximum absolute atomic E-state index is 13.7. The minimum atomic E-state index is -4.92. The number of methoxy groups -OCH3 is 2. The SMILES string of the molecule is CO/C=C(/C(=O)OC)c1ccccc1COc1nc2cc(C(C)(F)F)ccc2nc1C(F)(F)F. The zero-order valence-corrected chi connectivity index (χ0v) is 18.2. The normalized spacial score (nSPS) is 12.5. The van der Waals surface area contributed by atoms with Gasteiger partial charge in [0.15, 0.2) is 0 Å². The van der Waals surface area contributed by atoms with Crippen LogP contribution in [-0.4, -0.2) is 30.2 Å². The number of esters is 1. The number of rotatable bonds is 7. The highest BCUT2D eigenvalue weighted by Crippen LogP contribution is 2.36. The van der Waals surface area contributed by atoms with Crippen molar-refractivity contribution in [2.24, 2.45) is 0 Å². The van der Waals surface area contributed by atoms with Crippen LogP contribution in [0.3, 0.4) is 0 Å². The average Bonchev–Trinajstić information content (AvgIpc) is 2.78. The van der Waals surface area contributed by atoms with Crippen molar-refractivity contribution in [1.29, 1.82) is 0 Å². The van der Waals surface area contributed by atoms with Gasteiger partial charge < -0.3 is 14.2 Å². The highest BCUT2D eigenvalue weighted by Gasteiger charge is 2.38. The second-order valence-electron chi connectivity index (χ2n) is 7.17. The van der Waals surface area contributed by atoms with Crippen LogP contribution >= 0.6 is 0 Å². The molecule has 6 nitrogen and oxygen atoms in total. The number of carbonyl (C=O) groups is 1. The number of benzene rings is 2. The largest absolute Gasteiger partial charge is 0.503 e. The summed E-state index contributed by atoms with van der Waals surface area (Å²) in [5.41, 5.74) is -1.62. The van der Waals surface area contributed by atoms with Crippen LogP contribution in [0.4, 0.5) is 22.0 Å². The Kier molecular flexibility index (Phi) is 7.04. The smallest absolute Gasteiger partial charge is 0.438 e. The molecule has 1 aromatic heterocycles. The summed E-state index contributed by atoms with van der Waals surface area (Å²) in [4.78, 5) is 19.5. The Morgan fingerprint density at radius 3 is 2.32 bits per heavy atom. The van der Waals surface area contributed by atoms with Crippen LogP contribution in [0, 0.1) is 0 Å². The van der Waals surface area contributed by atoms with Gasteiger partial charge >= 0.3 is 12.1 Å². The fourth-order valence-electron chi connectivity index (χ4n) is 3.10. The van der Waals surface area contributed by atoms with Crippen molar-refractivity contribution in [3.8, 4) is 5.88 Å². The molecule has 0 atom stereocenters. The van der Waals surface area contributed by atoms with Crippen molar-refractivity contribution in [2.45, 2.75) is 25.6 Å².